The summed E-state index contributed by atoms with van der Waals surface area (Å²) in [6, 6.07) is 0. The first-order valence-electron chi connectivity index (χ1n) is 6.56. The lowest BCUT2D eigenvalue weighted by Gasteiger charge is -2.32. The van der Waals surface area contributed by atoms with Crippen LogP contribution in [0.5, 0.6) is 0 Å². The highest BCUT2D eigenvalue weighted by molar-refractivity contribution is 6.61. The van der Waals surface area contributed by atoms with Crippen molar-refractivity contribution in [3.63, 3.8) is 0 Å². The lowest BCUT2D eigenvalue weighted by Crippen LogP contribution is -2.41. The van der Waals surface area contributed by atoms with Gasteiger partial charge in [-0.15, -0.1) is 0 Å². The molecule has 104 valence electrons. The molecule has 2 aromatic heterocycles. The molecule has 7 heteroatoms. The maximum absolute atomic E-state index is 5.93. The van der Waals surface area contributed by atoms with Crippen LogP contribution < -0.4 is 5.59 Å². The number of rotatable bonds is 2. The van der Waals surface area contributed by atoms with Crippen molar-refractivity contribution in [2.75, 3.05) is 0 Å². The summed E-state index contributed by atoms with van der Waals surface area (Å²) in [5.74, 6) is 0.693. The SMILES string of the molecule is CC1(C)OB(c2cnc(-c3ncc[nH]3)cn2)OC1(C)C. The van der Waals surface area contributed by atoms with E-state index in [2.05, 4.69) is 19.9 Å². The van der Waals surface area contributed by atoms with E-state index < -0.39 is 7.12 Å². The van der Waals surface area contributed by atoms with E-state index in [9.17, 15) is 0 Å². The predicted octanol–water partition coefficient (Wildman–Crippen LogP) is 1.17. The lowest BCUT2D eigenvalue weighted by molar-refractivity contribution is 0.00578. The van der Waals surface area contributed by atoms with Gasteiger partial charge in [-0.3, -0.25) is 9.97 Å². The highest BCUT2D eigenvalue weighted by Gasteiger charge is 2.52. The van der Waals surface area contributed by atoms with Crippen LogP contribution in [0.3, 0.4) is 0 Å². The van der Waals surface area contributed by atoms with Crippen LogP contribution in [0.4, 0.5) is 0 Å². The molecule has 0 saturated carbocycles. The minimum absolute atomic E-state index is 0.376. The van der Waals surface area contributed by atoms with Gasteiger partial charge in [-0.05, 0) is 27.7 Å². The van der Waals surface area contributed by atoms with Gasteiger partial charge in [0.25, 0.3) is 0 Å². The minimum Gasteiger partial charge on any atom is -0.398 e. The Morgan fingerprint density at radius 2 is 1.70 bits per heavy atom. The van der Waals surface area contributed by atoms with Crippen molar-refractivity contribution in [3.05, 3.63) is 24.8 Å². The second-order valence-electron chi connectivity index (χ2n) is 5.85. The molecule has 0 bridgehead atoms. The molecule has 3 rings (SSSR count). The minimum atomic E-state index is -0.488. The fourth-order valence-corrected chi connectivity index (χ4v) is 1.95. The Bertz CT molecular complexity index is 579. The number of imidazole rings is 1. The quantitative estimate of drug-likeness (QED) is 0.831. The Kier molecular flexibility index (Phi) is 2.91. The van der Waals surface area contributed by atoms with E-state index in [1.54, 1.807) is 24.8 Å². The summed E-state index contributed by atoms with van der Waals surface area (Å²) in [6.45, 7) is 8.05. The first kappa shape index (κ1) is 13.3. The van der Waals surface area contributed by atoms with E-state index >= 15 is 0 Å². The van der Waals surface area contributed by atoms with E-state index in [4.69, 9.17) is 9.31 Å². The first-order valence-corrected chi connectivity index (χ1v) is 6.56. The maximum atomic E-state index is 5.93. The number of hydrogen-bond donors (Lipinski definition) is 1. The second kappa shape index (κ2) is 4.39. The number of aromatic nitrogens is 4. The monoisotopic (exact) mass is 272 g/mol. The Hall–Kier alpha value is -1.73. The summed E-state index contributed by atoms with van der Waals surface area (Å²) in [5, 5.41) is 0. The van der Waals surface area contributed by atoms with Gasteiger partial charge >= 0.3 is 7.12 Å². The van der Waals surface area contributed by atoms with Crippen molar-refractivity contribution in [1.82, 2.24) is 19.9 Å². The number of H-pyrrole nitrogens is 1. The molecule has 1 fully saturated rings. The topological polar surface area (TPSA) is 72.9 Å². The summed E-state index contributed by atoms with van der Waals surface area (Å²) < 4.78 is 11.9. The molecular weight excluding hydrogens is 255 g/mol. The molecule has 1 N–H and O–H groups in total. The molecule has 0 amide bonds. The van der Waals surface area contributed by atoms with Crippen LogP contribution in [0.15, 0.2) is 24.8 Å². The maximum Gasteiger partial charge on any atom is 0.516 e. The van der Waals surface area contributed by atoms with Crippen molar-refractivity contribution in [3.8, 4) is 11.5 Å². The highest BCUT2D eigenvalue weighted by atomic mass is 16.7. The molecule has 1 aliphatic heterocycles. The third-order valence-corrected chi connectivity index (χ3v) is 3.91. The number of aromatic amines is 1. The molecule has 0 aromatic carbocycles. The van der Waals surface area contributed by atoms with Crippen molar-refractivity contribution in [2.45, 2.75) is 38.9 Å². The van der Waals surface area contributed by atoms with Gasteiger partial charge in [0.05, 0.1) is 23.0 Å². The van der Waals surface area contributed by atoms with Crippen molar-refractivity contribution in [2.24, 2.45) is 0 Å². The number of nitrogens with zero attached hydrogens (tertiary/aromatic N) is 3. The Morgan fingerprint density at radius 3 is 2.20 bits per heavy atom. The third-order valence-electron chi connectivity index (χ3n) is 3.91. The van der Waals surface area contributed by atoms with Gasteiger partial charge in [0, 0.05) is 18.6 Å². The average Bonchev–Trinajstić information content (AvgIpc) is 2.97. The van der Waals surface area contributed by atoms with Gasteiger partial charge in [-0.25, -0.2) is 4.98 Å². The second-order valence-corrected chi connectivity index (χ2v) is 5.85. The Morgan fingerprint density at radius 1 is 1.00 bits per heavy atom. The molecule has 0 radical (unpaired) electrons. The van der Waals surface area contributed by atoms with Crippen LogP contribution >= 0.6 is 0 Å². The Balaban J connectivity index is 1.83. The molecule has 0 unspecified atom stereocenters. The van der Waals surface area contributed by atoms with E-state index in [0.717, 1.165) is 0 Å². The highest BCUT2D eigenvalue weighted by Crippen LogP contribution is 2.36. The van der Waals surface area contributed by atoms with Crippen molar-refractivity contribution < 1.29 is 9.31 Å². The van der Waals surface area contributed by atoms with Crippen LogP contribution in [-0.2, 0) is 9.31 Å². The molecule has 0 aliphatic carbocycles. The fourth-order valence-electron chi connectivity index (χ4n) is 1.95. The van der Waals surface area contributed by atoms with Gasteiger partial charge < -0.3 is 14.3 Å². The fraction of sp³-hybridized carbons (Fsp3) is 0.462. The van der Waals surface area contributed by atoms with Crippen molar-refractivity contribution in [1.29, 1.82) is 0 Å². The van der Waals surface area contributed by atoms with Crippen LogP contribution in [0.2, 0.25) is 0 Å². The smallest absolute Gasteiger partial charge is 0.398 e. The van der Waals surface area contributed by atoms with Gasteiger partial charge in [-0.1, -0.05) is 0 Å². The van der Waals surface area contributed by atoms with Crippen LogP contribution in [0.25, 0.3) is 11.5 Å². The summed E-state index contributed by atoms with van der Waals surface area (Å²) in [5.41, 5.74) is 0.604. The molecular formula is C13H17BN4O2. The summed E-state index contributed by atoms with van der Waals surface area (Å²) in [4.78, 5) is 15.9. The molecule has 2 aromatic rings. The van der Waals surface area contributed by atoms with Crippen LogP contribution in [0.1, 0.15) is 27.7 Å². The normalized spacial score (nSPS) is 20.3. The van der Waals surface area contributed by atoms with Gasteiger partial charge in [-0.2, -0.15) is 0 Å². The van der Waals surface area contributed by atoms with Crippen LogP contribution in [-0.4, -0.2) is 38.3 Å². The predicted molar refractivity (Wildman–Crippen MR) is 75.3 cm³/mol. The van der Waals surface area contributed by atoms with Crippen LogP contribution in [0, 0.1) is 0 Å². The zero-order valence-corrected chi connectivity index (χ0v) is 12.0. The summed E-state index contributed by atoms with van der Waals surface area (Å²) >= 11 is 0. The van der Waals surface area contributed by atoms with Gasteiger partial charge in [0.2, 0.25) is 0 Å². The molecule has 6 nitrogen and oxygen atoms in total. The lowest BCUT2D eigenvalue weighted by atomic mass is 9.85. The number of nitrogens with one attached hydrogen (secondary N) is 1. The standard InChI is InChI=1S/C13H17BN4O2/c1-12(2)13(3,4)20-14(19-12)10-8-17-9(7-18-10)11-15-5-6-16-11/h5-8H,1-4H3,(H,15,16). The largest absolute Gasteiger partial charge is 0.516 e. The first-order chi connectivity index (χ1) is 9.39. The zero-order chi connectivity index (χ0) is 14.4. The van der Waals surface area contributed by atoms with E-state index in [1.807, 2.05) is 27.7 Å². The molecule has 0 atom stereocenters. The molecule has 1 aliphatic rings. The molecule has 3 heterocycles. The van der Waals surface area contributed by atoms with E-state index in [1.165, 1.54) is 0 Å². The Labute approximate surface area is 118 Å². The molecule has 1 saturated heterocycles. The molecule has 0 spiro atoms. The third kappa shape index (κ3) is 2.12. The van der Waals surface area contributed by atoms with Gasteiger partial charge in [0.15, 0.2) is 5.82 Å². The molecule has 20 heavy (non-hydrogen) atoms. The summed E-state index contributed by atoms with van der Waals surface area (Å²) in [6.07, 6.45) is 6.76. The van der Waals surface area contributed by atoms with E-state index in [-0.39, 0.29) is 11.2 Å². The average molecular weight is 272 g/mol. The van der Waals surface area contributed by atoms with E-state index in [0.29, 0.717) is 17.1 Å². The van der Waals surface area contributed by atoms with Crippen molar-refractivity contribution >= 4 is 12.7 Å². The summed E-state index contributed by atoms with van der Waals surface area (Å²) in [7, 11) is -0.488. The number of hydrogen-bond acceptors (Lipinski definition) is 5. The zero-order valence-electron chi connectivity index (χ0n) is 12.0. The van der Waals surface area contributed by atoms with Gasteiger partial charge in [0.1, 0.15) is 5.69 Å².